The Morgan fingerprint density at radius 3 is 2.28 bits per heavy atom. The topological polar surface area (TPSA) is 116 Å². The number of hydrazone groups is 1. The van der Waals surface area contributed by atoms with E-state index in [0.717, 1.165) is 11.1 Å². The van der Waals surface area contributed by atoms with Crippen LogP contribution in [0.1, 0.15) is 23.6 Å². The Hall–Kier alpha value is -2.71. The zero-order chi connectivity index (χ0) is 18.2. The van der Waals surface area contributed by atoms with Gasteiger partial charge in [0.2, 0.25) is 10.0 Å². The van der Waals surface area contributed by atoms with Crippen molar-refractivity contribution in [2.75, 3.05) is 5.01 Å². The van der Waals surface area contributed by atoms with Crippen LogP contribution < -0.4 is 15.3 Å². The standard InChI is InChI=1S/C17H17N3O4S/c1-11-2-4-12(5-3-11)16-10-15(17(21)22)19-20(16)13-6-8-14(9-7-13)25(18,23)24/h2-9,16H,10H2,1H3,(H,21,22)(H2,18,23,24)/p-1. The van der Waals surface area contributed by atoms with Gasteiger partial charge in [0.1, 0.15) is 0 Å². The van der Waals surface area contributed by atoms with Crippen LogP contribution in [-0.4, -0.2) is 20.1 Å². The summed E-state index contributed by atoms with van der Waals surface area (Å²) in [6.07, 6.45) is 0.197. The molecule has 0 saturated heterocycles. The highest BCUT2D eigenvalue weighted by atomic mass is 32.2. The zero-order valence-electron chi connectivity index (χ0n) is 13.4. The molecule has 2 aromatic carbocycles. The smallest absolute Gasteiger partial charge is 0.238 e. The number of carbonyl (C=O) groups is 1. The van der Waals surface area contributed by atoms with Gasteiger partial charge in [-0.3, -0.25) is 5.01 Å². The maximum absolute atomic E-state index is 11.4. The van der Waals surface area contributed by atoms with E-state index in [1.165, 1.54) is 12.1 Å². The Morgan fingerprint density at radius 2 is 1.76 bits per heavy atom. The quantitative estimate of drug-likeness (QED) is 0.863. The Kier molecular flexibility index (Phi) is 4.32. The molecule has 2 N–H and O–H groups in total. The number of benzene rings is 2. The van der Waals surface area contributed by atoms with Crippen LogP contribution >= 0.6 is 0 Å². The first kappa shape index (κ1) is 17.1. The summed E-state index contributed by atoms with van der Waals surface area (Å²) < 4.78 is 22.8. The Balaban J connectivity index is 1.99. The molecule has 0 aliphatic carbocycles. The van der Waals surface area contributed by atoms with E-state index in [1.807, 2.05) is 31.2 Å². The first-order valence-electron chi connectivity index (χ1n) is 7.53. The summed E-state index contributed by atoms with van der Waals surface area (Å²) in [7, 11) is -3.80. The minimum atomic E-state index is -3.80. The predicted octanol–water partition coefficient (Wildman–Crippen LogP) is 0.700. The third kappa shape index (κ3) is 3.54. The molecular weight excluding hydrogens is 342 g/mol. The second-order valence-corrected chi connectivity index (χ2v) is 7.41. The van der Waals surface area contributed by atoms with E-state index >= 15 is 0 Å². The Labute approximate surface area is 145 Å². The van der Waals surface area contributed by atoms with Crippen LogP contribution in [0.4, 0.5) is 5.69 Å². The van der Waals surface area contributed by atoms with Gasteiger partial charge in [-0.1, -0.05) is 29.8 Å². The molecule has 0 fully saturated rings. The van der Waals surface area contributed by atoms with E-state index in [4.69, 9.17) is 5.14 Å². The molecule has 1 aliphatic rings. The molecule has 1 atom stereocenters. The van der Waals surface area contributed by atoms with Crippen molar-refractivity contribution < 1.29 is 18.3 Å². The summed E-state index contributed by atoms with van der Waals surface area (Å²) in [4.78, 5) is 11.2. The lowest BCUT2D eigenvalue weighted by atomic mass is 10.0. The number of carboxylic acids is 1. The normalized spacial score (nSPS) is 17.4. The molecule has 2 aromatic rings. The zero-order valence-corrected chi connectivity index (χ0v) is 14.2. The van der Waals surface area contributed by atoms with Crippen LogP contribution in [0.2, 0.25) is 0 Å². The van der Waals surface area contributed by atoms with Gasteiger partial charge in [0, 0.05) is 6.42 Å². The van der Waals surface area contributed by atoms with Gasteiger partial charge in [0.25, 0.3) is 0 Å². The number of aryl methyl sites for hydroxylation is 1. The SMILES string of the molecule is Cc1ccc(C2CC(C(=O)[O-])=NN2c2ccc(S(N)(=O)=O)cc2)cc1. The Morgan fingerprint density at radius 1 is 1.16 bits per heavy atom. The van der Waals surface area contributed by atoms with E-state index in [1.54, 1.807) is 17.1 Å². The average Bonchev–Trinajstić information content (AvgIpc) is 3.00. The number of carboxylic acid groups (broad SMARTS) is 1. The van der Waals surface area contributed by atoms with Crippen molar-refractivity contribution in [3.05, 3.63) is 59.7 Å². The van der Waals surface area contributed by atoms with Gasteiger partial charge in [-0.2, -0.15) is 5.10 Å². The summed E-state index contributed by atoms with van der Waals surface area (Å²) in [5, 5.41) is 22.0. The molecule has 1 unspecified atom stereocenters. The first-order valence-corrected chi connectivity index (χ1v) is 9.08. The number of hydrogen-bond acceptors (Lipinski definition) is 6. The van der Waals surface area contributed by atoms with Crippen molar-refractivity contribution in [1.82, 2.24) is 0 Å². The van der Waals surface area contributed by atoms with Gasteiger partial charge in [-0.05, 0) is 36.8 Å². The largest absolute Gasteiger partial charge is 0.543 e. The van der Waals surface area contributed by atoms with E-state index in [2.05, 4.69) is 5.10 Å². The van der Waals surface area contributed by atoms with Gasteiger partial charge >= 0.3 is 0 Å². The summed E-state index contributed by atoms with van der Waals surface area (Å²) in [6.45, 7) is 1.96. The fourth-order valence-electron chi connectivity index (χ4n) is 2.71. The number of sulfonamides is 1. The van der Waals surface area contributed by atoms with Crippen molar-refractivity contribution in [3.8, 4) is 0 Å². The van der Waals surface area contributed by atoms with Crippen molar-refractivity contribution in [1.29, 1.82) is 0 Å². The van der Waals surface area contributed by atoms with Crippen molar-refractivity contribution >= 4 is 27.4 Å². The molecular formula is C17H16N3O4S-. The maximum atomic E-state index is 11.4. The molecule has 25 heavy (non-hydrogen) atoms. The van der Waals surface area contributed by atoms with E-state index in [9.17, 15) is 18.3 Å². The van der Waals surface area contributed by atoms with Gasteiger partial charge in [-0.15, -0.1) is 0 Å². The molecule has 1 heterocycles. The Bertz CT molecular complexity index is 935. The molecule has 0 saturated carbocycles. The van der Waals surface area contributed by atoms with Gasteiger partial charge in [-0.25, -0.2) is 13.6 Å². The highest BCUT2D eigenvalue weighted by molar-refractivity contribution is 7.89. The summed E-state index contributed by atoms with van der Waals surface area (Å²) in [5.74, 6) is -1.32. The van der Waals surface area contributed by atoms with Crippen LogP contribution in [0.3, 0.4) is 0 Å². The lowest BCUT2D eigenvalue weighted by molar-refractivity contribution is -0.294. The third-order valence-electron chi connectivity index (χ3n) is 4.04. The number of rotatable bonds is 4. The molecule has 0 bridgehead atoms. The van der Waals surface area contributed by atoms with Crippen molar-refractivity contribution in [2.24, 2.45) is 10.2 Å². The van der Waals surface area contributed by atoms with E-state index in [0.29, 0.717) is 5.69 Å². The molecule has 1 aliphatic heterocycles. The third-order valence-corrected chi connectivity index (χ3v) is 4.97. The number of nitrogens with two attached hydrogens (primary N) is 1. The number of nitrogens with zero attached hydrogens (tertiary/aromatic N) is 2. The lowest BCUT2D eigenvalue weighted by Crippen LogP contribution is -2.30. The fourth-order valence-corrected chi connectivity index (χ4v) is 3.22. The minimum absolute atomic E-state index is 0.0218. The average molecular weight is 358 g/mol. The number of primary sulfonamides is 1. The molecule has 3 rings (SSSR count). The van der Waals surface area contributed by atoms with Crippen LogP contribution in [0, 0.1) is 6.92 Å². The highest BCUT2D eigenvalue weighted by Gasteiger charge is 2.29. The van der Waals surface area contributed by atoms with Crippen molar-refractivity contribution in [3.63, 3.8) is 0 Å². The second-order valence-electron chi connectivity index (χ2n) is 5.85. The first-order chi connectivity index (χ1) is 11.8. The summed E-state index contributed by atoms with van der Waals surface area (Å²) in [6, 6.07) is 13.2. The molecule has 0 amide bonds. The minimum Gasteiger partial charge on any atom is -0.543 e. The van der Waals surface area contributed by atoms with E-state index in [-0.39, 0.29) is 23.1 Å². The number of anilines is 1. The summed E-state index contributed by atoms with van der Waals surface area (Å²) in [5.41, 5.74) is 2.50. The number of carbonyl (C=O) groups excluding carboxylic acids is 1. The maximum Gasteiger partial charge on any atom is 0.238 e. The van der Waals surface area contributed by atoms with Crippen LogP contribution in [-0.2, 0) is 14.8 Å². The highest BCUT2D eigenvalue weighted by Crippen LogP contribution is 2.35. The number of hydrogen-bond donors (Lipinski definition) is 1. The van der Waals surface area contributed by atoms with Gasteiger partial charge < -0.3 is 9.90 Å². The number of aliphatic carboxylic acids is 1. The van der Waals surface area contributed by atoms with E-state index < -0.39 is 16.0 Å². The van der Waals surface area contributed by atoms with Crippen molar-refractivity contribution in [2.45, 2.75) is 24.3 Å². The molecule has 8 heteroatoms. The molecule has 130 valence electrons. The summed E-state index contributed by atoms with van der Waals surface area (Å²) >= 11 is 0. The molecule has 0 aromatic heterocycles. The molecule has 7 nitrogen and oxygen atoms in total. The fraction of sp³-hybridized carbons (Fsp3) is 0.176. The van der Waals surface area contributed by atoms with Crippen LogP contribution in [0.25, 0.3) is 0 Å². The molecule has 0 radical (unpaired) electrons. The van der Waals surface area contributed by atoms with Gasteiger partial charge in [0.15, 0.2) is 0 Å². The van der Waals surface area contributed by atoms with Crippen LogP contribution in [0.15, 0.2) is 58.5 Å². The lowest BCUT2D eigenvalue weighted by Gasteiger charge is -2.24. The monoisotopic (exact) mass is 358 g/mol. The second kappa shape index (κ2) is 6.30. The van der Waals surface area contributed by atoms with Gasteiger partial charge in [0.05, 0.1) is 28.3 Å². The van der Waals surface area contributed by atoms with Crippen LogP contribution in [0.5, 0.6) is 0 Å². The predicted molar refractivity (Wildman–Crippen MR) is 91.3 cm³/mol. The molecule has 0 spiro atoms.